The van der Waals surface area contributed by atoms with Gasteiger partial charge in [0, 0.05) is 19.6 Å². The van der Waals surface area contributed by atoms with Gasteiger partial charge in [-0.25, -0.2) is 0 Å². The Bertz CT molecular complexity index is 450. The Hall–Kier alpha value is -1.35. The fourth-order valence-corrected chi connectivity index (χ4v) is 2.23. The number of aryl methyl sites for hydroxylation is 3. The van der Waals surface area contributed by atoms with Crippen LogP contribution >= 0.6 is 0 Å². The van der Waals surface area contributed by atoms with Gasteiger partial charge < -0.3 is 10.6 Å². The minimum Gasteiger partial charge on any atom is -0.355 e. The van der Waals surface area contributed by atoms with Gasteiger partial charge in [-0.3, -0.25) is 4.79 Å². The number of rotatable bonds is 4. The number of benzene rings is 1. The van der Waals surface area contributed by atoms with Crippen LogP contribution in [0.3, 0.4) is 0 Å². The summed E-state index contributed by atoms with van der Waals surface area (Å²) in [5.41, 5.74) is 5.31. The van der Waals surface area contributed by atoms with Crippen LogP contribution in [-0.4, -0.2) is 25.5 Å². The van der Waals surface area contributed by atoms with Crippen LogP contribution in [0.4, 0.5) is 0 Å². The van der Waals surface area contributed by atoms with Crippen LogP contribution in [0.1, 0.15) is 22.3 Å². The highest BCUT2D eigenvalue weighted by molar-refractivity contribution is 5.79. The minimum atomic E-state index is 0.186. The zero-order chi connectivity index (χ0) is 13.1. The first-order chi connectivity index (χ1) is 8.58. The van der Waals surface area contributed by atoms with E-state index < -0.39 is 0 Å². The quantitative estimate of drug-likeness (QED) is 0.845. The average Bonchev–Trinajstić information content (AvgIpc) is 2.23. The molecule has 1 saturated heterocycles. The summed E-state index contributed by atoms with van der Waals surface area (Å²) in [7, 11) is 0. The van der Waals surface area contributed by atoms with Crippen LogP contribution in [0, 0.1) is 26.7 Å². The Kier molecular flexibility index (Phi) is 4.02. The van der Waals surface area contributed by atoms with E-state index in [1.807, 2.05) is 0 Å². The summed E-state index contributed by atoms with van der Waals surface area (Å²) >= 11 is 0. The molecule has 1 aliphatic rings. The highest BCUT2D eigenvalue weighted by Crippen LogP contribution is 2.15. The lowest BCUT2D eigenvalue weighted by Gasteiger charge is -2.25. The fourth-order valence-electron chi connectivity index (χ4n) is 2.23. The van der Waals surface area contributed by atoms with E-state index >= 15 is 0 Å². The topological polar surface area (TPSA) is 41.1 Å². The lowest BCUT2D eigenvalue weighted by Crippen LogP contribution is -2.51. The van der Waals surface area contributed by atoms with Crippen LogP contribution in [0.5, 0.6) is 0 Å². The Labute approximate surface area is 109 Å². The molecule has 1 amide bonds. The maximum absolute atomic E-state index is 11.7. The molecule has 0 saturated carbocycles. The molecule has 3 nitrogen and oxygen atoms in total. The summed E-state index contributed by atoms with van der Waals surface area (Å²) in [6.07, 6.45) is 0.916. The van der Waals surface area contributed by atoms with Crippen molar-refractivity contribution in [1.82, 2.24) is 10.6 Å². The molecule has 1 aliphatic heterocycles. The predicted molar refractivity (Wildman–Crippen MR) is 73.7 cm³/mol. The third-order valence-corrected chi connectivity index (χ3v) is 3.80. The van der Waals surface area contributed by atoms with E-state index in [-0.39, 0.29) is 11.8 Å². The molecule has 0 aliphatic carbocycles. The zero-order valence-corrected chi connectivity index (χ0v) is 11.5. The molecule has 2 rings (SSSR count). The second-order valence-corrected chi connectivity index (χ2v) is 5.26. The first kappa shape index (κ1) is 13.1. The lowest BCUT2D eigenvalue weighted by atomic mass is 9.98. The Balaban J connectivity index is 1.86. The first-order valence-corrected chi connectivity index (χ1v) is 6.63. The second kappa shape index (κ2) is 5.53. The van der Waals surface area contributed by atoms with Gasteiger partial charge >= 0.3 is 0 Å². The molecule has 0 radical (unpaired) electrons. The van der Waals surface area contributed by atoms with Gasteiger partial charge in [-0.2, -0.15) is 0 Å². The maximum Gasteiger partial charge on any atom is 0.225 e. The van der Waals surface area contributed by atoms with E-state index in [0.29, 0.717) is 0 Å². The molecular weight excluding hydrogens is 224 g/mol. The first-order valence-electron chi connectivity index (χ1n) is 6.63. The molecule has 0 spiro atoms. The summed E-state index contributed by atoms with van der Waals surface area (Å²) in [5.74, 6) is 0.376. The predicted octanol–water partition coefficient (Wildman–Crippen LogP) is 1.49. The average molecular weight is 246 g/mol. The molecule has 1 aromatic carbocycles. The summed E-state index contributed by atoms with van der Waals surface area (Å²) < 4.78 is 0. The summed E-state index contributed by atoms with van der Waals surface area (Å²) in [4.78, 5) is 11.7. The summed E-state index contributed by atoms with van der Waals surface area (Å²) in [5, 5.41) is 6.13. The van der Waals surface area contributed by atoms with Crippen LogP contribution in [-0.2, 0) is 11.2 Å². The van der Waals surface area contributed by atoms with Crippen LogP contribution in [0.2, 0.25) is 0 Å². The molecular formula is C15H22N2O. The second-order valence-electron chi connectivity index (χ2n) is 5.26. The molecule has 1 fully saturated rings. The van der Waals surface area contributed by atoms with Crippen LogP contribution in [0.25, 0.3) is 0 Å². The molecule has 98 valence electrons. The van der Waals surface area contributed by atoms with E-state index in [9.17, 15) is 4.79 Å². The summed E-state index contributed by atoms with van der Waals surface area (Å²) in [6.45, 7) is 8.80. The number of hydrogen-bond acceptors (Lipinski definition) is 2. The van der Waals surface area contributed by atoms with Gasteiger partial charge in [-0.05, 0) is 49.4 Å². The molecule has 2 N–H and O–H groups in total. The minimum absolute atomic E-state index is 0.186. The van der Waals surface area contributed by atoms with E-state index in [2.05, 4.69) is 43.5 Å². The number of nitrogens with one attached hydrogen (secondary N) is 2. The van der Waals surface area contributed by atoms with Crippen LogP contribution < -0.4 is 10.6 Å². The number of carbonyl (C=O) groups excluding carboxylic acids is 1. The molecule has 1 aromatic rings. The largest absolute Gasteiger partial charge is 0.355 e. The lowest BCUT2D eigenvalue weighted by molar-refractivity contribution is -0.126. The van der Waals surface area contributed by atoms with Crippen molar-refractivity contribution in [3.63, 3.8) is 0 Å². The van der Waals surface area contributed by atoms with Gasteiger partial charge in [0.05, 0.1) is 5.92 Å². The molecule has 0 unspecified atom stereocenters. The van der Waals surface area contributed by atoms with Gasteiger partial charge in [-0.15, -0.1) is 0 Å². The molecule has 0 aromatic heterocycles. The van der Waals surface area contributed by atoms with Gasteiger partial charge in [0.15, 0.2) is 0 Å². The molecule has 18 heavy (non-hydrogen) atoms. The molecule has 0 bridgehead atoms. The van der Waals surface area contributed by atoms with Crippen molar-refractivity contribution in [3.8, 4) is 0 Å². The Morgan fingerprint density at radius 1 is 1.22 bits per heavy atom. The fraction of sp³-hybridized carbons (Fsp3) is 0.533. The smallest absolute Gasteiger partial charge is 0.225 e. The van der Waals surface area contributed by atoms with Crippen molar-refractivity contribution < 1.29 is 4.79 Å². The van der Waals surface area contributed by atoms with Gasteiger partial charge in [0.2, 0.25) is 5.91 Å². The Morgan fingerprint density at radius 3 is 2.50 bits per heavy atom. The number of hydrogen-bond donors (Lipinski definition) is 2. The highest BCUT2D eigenvalue weighted by Gasteiger charge is 2.24. The van der Waals surface area contributed by atoms with Crippen molar-refractivity contribution in [2.45, 2.75) is 27.2 Å². The van der Waals surface area contributed by atoms with Gasteiger partial charge in [0.25, 0.3) is 0 Å². The monoisotopic (exact) mass is 246 g/mol. The standard InChI is InChI=1S/C15H22N2O/c1-10-6-12(3)13(7-11(10)2)4-5-17-15(18)14-8-16-9-14/h6-7,14,16H,4-5,8-9H2,1-3H3,(H,17,18). The molecule has 0 atom stereocenters. The zero-order valence-electron chi connectivity index (χ0n) is 11.5. The van der Waals surface area contributed by atoms with Crippen molar-refractivity contribution in [3.05, 3.63) is 34.4 Å². The number of amides is 1. The molecule has 1 heterocycles. The van der Waals surface area contributed by atoms with Crippen molar-refractivity contribution in [1.29, 1.82) is 0 Å². The maximum atomic E-state index is 11.7. The van der Waals surface area contributed by atoms with Crippen LogP contribution in [0.15, 0.2) is 12.1 Å². The van der Waals surface area contributed by atoms with Crippen molar-refractivity contribution >= 4 is 5.91 Å². The Morgan fingerprint density at radius 2 is 1.89 bits per heavy atom. The van der Waals surface area contributed by atoms with E-state index in [0.717, 1.165) is 26.1 Å². The normalized spacial score (nSPS) is 15.3. The summed E-state index contributed by atoms with van der Waals surface area (Å²) in [6, 6.07) is 4.46. The van der Waals surface area contributed by atoms with Crippen molar-refractivity contribution in [2.24, 2.45) is 5.92 Å². The highest BCUT2D eigenvalue weighted by atomic mass is 16.2. The van der Waals surface area contributed by atoms with E-state index in [4.69, 9.17) is 0 Å². The van der Waals surface area contributed by atoms with Gasteiger partial charge in [0.1, 0.15) is 0 Å². The third kappa shape index (κ3) is 2.91. The number of carbonyl (C=O) groups is 1. The van der Waals surface area contributed by atoms with E-state index in [1.165, 1.54) is 22.3 Å². The van der Waals surface area contributed by atoms with E-state index in [1.54, 1.807) is 0 Å². The van der Waals surface area contributed by atoms with Crippen molar-refractivity contribution in [2.75, 3.05) is 19.6 Å². The third-order valence-electron chi connectivity index (χ3n) is 3.80. The molecule has 3 heteroatoms. The van der Waals surface area contributed by atoms with Gasteiger partial charge in [-0.1, -0.05) is 12.1 Å². The SMILES string of the molecule is Cc1cc(C)c(CCNC(=O)C2CNC2)cc1C.